The van der Waals surface area contributed by atoms with Gasteiger partial charge < -0.3 is 29.3 Å². The molecule has 2 N–H and O–H groups in total. The number of rotatable bonds is 22. The summed E-state index contributed by atoms with van der Waals surface area (Å²) in [7, 11) is -6.76. The molecular formula is C57H63N3O16S5. The van der Waals surface area contributed by atoms with Crippen LogP contribution >= 0.6 is 21.6 Å². The van der Waals surface area contributed by atoms with E-state index in [0.29, 0.717) is 69.0 Å². The second-order valence-corrected chi connectivity index (χ2v) is 29.3. The Morgan fingerprint density at radius 3 is 1.88 bits per heavy atom. The van der Waals surface area contributed by atoms with Crippen molar-refractivity contribution in [3.8, 4) is 17.2 Å². The summed E-state index contributed by atoms with van der Waals surface area (Å²) in [6.45, 7) is 6.56. The molecule has 0 spiro atoms. The third kappa shape index (κ3) is 12.5. The van der Waals surface area contributed by atoms with Crippen LogP contribution in [0, 0.1) is 12.8 Å². The van der Waals surface area contributed by atoms with Gasteiger partial charge in [0.25, 0.3) is 42.2 Å². The summed E-state index contributed by atoms with van der Waals surface area (Å²) in [5, 5.41) is 0.570. The second-order valence-electron chi connectivity index (χ2n) is 20.9. The van der Waals surface area contributed by atoms with Crippen molar-refractivity contribution in [1.29, 1.82) is 0 Å². The lowest BCUT2D eigenvalue weighted by atomic mass is 9.91. The number of nitrogens with zero attached hydrogens (tertiary/aromatic N) is 2. The Labute approximate surface area is 480 Å². The van der Waals surface area contributed by atoms with Crippen LogP contribution in [0.15, 0.2) is 91.0 Å². The number of amides is 3. The number of methoxy groups -OCH3 is 1. The highest BCUT2D eigenvalue weighted by Gasteiger charge is 2.48. The highest BCUT2D eigenvalue weighted by molar-refractivity contribution is 8.77. The normalized spacial score (nSPS) is 19.0. The van der Waals surface area contributed by atoms with E-state index in [-0.39, 0.29) is 73.5 Å². The van der Waals surface area contributed by atoms with Crippen molar-refractivity contribution in [2.75, 3.05) is 48.0 Å². The van der Waals surface area contributed by atoms with Crippen LogP contribution in [-0.2, 0) is 87.2 Å². The molecule has 0 radical (unpaired) electrons. The molecule has 5 aromatic rings. The number of Topliss-reactive ketones (excluding diaryl/α,β-unsaturated/α-hetero) is 1. The van der Waals surface area contributed by atoms with Crippen molar-refractivity contribution in [3.05, 3.63) is 141 Å². The average Bonchev–Trinajstić information content (AvgIpc) is 4.12. The van der Waals surface area contributed by atoms with Crippen LogP contribution in [0.2, 0.25) is 0 Å². The number of aryl methyl sites for hydroxylation is 1. The van der Waals surface area contributed by atoms with E-state index in [2.05, 4.69) is 9.50 Å². The summed E-state index contributed by atoms with van der Waals surface area (Å²) in [6, 6.07) is 25.3. The van der Waals surface area contributed by atoms with Crippen molar-refractivity contribution in [1.82, 2.24) is 0 Å². The molecule has 0 saturated carbocycles. The van der Waals surface area contributed by atoms with E-state index in [1.807, 2.05) is 36.4 Å². The van der Waals surface area contributed by atoms with Crippen LogP contribution in [0.25, 0.3) is 0 Å². The van der Waals surface area contributed by atoms with E-state index in [4.69, 9.17) is 18.4 Å². The molecule has 0 saturated heterocycles. The molecule has 432 valence electrons. The van der Waals surface area contributed by atoms with Crippen LogP contribution in [0.3, 0.4) is 0 Å². The topological polar surface area (TPSA) is 256 Å². The van der Waals surface area contributed by atoms with Crippen molar-refractivity contribution in [3.63, 3.8) is 0 Å². The summed E-state index contributed by atoms with van der Waals surface area (Å²) in [5.41, 5.74) is 6.68. The van der Waals surface area contributed by atoms with Crippen LogP contribution < -0.4 is 29.3 Å². The molecule has 5 aromatic carbocycles. The minimum Gasteiger partial charge on any atom is -0.493 e. The number of benzene rings is 5. The average molecular weight is 1210 g/mol. The quantitative estimate of drug-likeness (QED) is 0.0287. The van der Waals surface area contributed by atoms with Crippen molar-refractivity contribution < 1.29 is 71.6 Å². The van der Waals surface area contributed by atoms with E-state index in [0.717, 1.165) is 25.3 Å². The van der Waals surface area contributed by atoms with Gasteiger partial charge in [0.05, 0.1) is 37.9 Å². The molecule has 4 heterocycles. The Morgan fingerprint density at radius 2 is 1.28 bits per heavy atom. The predicted octanol–water partition coefficient (Wildman–Crippen LogP) is 8.08. The fraction of sp³-hybridized carbons (Fsp3) is 0.404. The van der Waals surface area contributed by atoms with Gasteiger partial charge in [0.15, 0.2) is 17.3 Å². The molecule has 0 fully saturated rings. The first-order valence-electron chi connectivity index (χ1n) is 26.1. The van der Waals surface area contributed by atoms with E-state index in [1.54, 1.807) is 92.1 Å². The molecule has 4 aliphatic rings. The van der Waals surface area contributed by atoms with E-state index >= 15 is 0 Å². The van der Waals surface area contributed by atoms with Crippen molar-refractivity contribution >= 4 is 92.5 Å². The molecular weight excluding hydrogens is 1140 g/mol. The molecule has 9 rings (SSSR count). The minimum absolute atomic E-state index is 0.0118. The van der Waals surface area contributed by atoms with Crippen molar-refractivity contribution in [2.45, 2.75) is 107 Å². The number of hydrogen-bond acceptors (Lipinski definition) is 17. The standard InChI is InChI=1S/C57H63N3O16S5/c1-8-48(61)52(80(68,69)73-6)17-18-77-78-57(3,4)56(64)58-41-21-34(30-75-49-26-39-28-53(81(70,71)74-7)47-25-37-14-10-12-16-45(37)60(47)54(62)42(39)19-33(49)2)20-35(22-41)31-76-51-27-38-23-40(32-79(65,66)67)46-24-36-13-9-11-15-44(36)59(46)55(63)43(38)29-50(51)72-5/h9-16,19-22,26-27,29,40,46-47,52-53H,8,17-18,23-25,28,30-32H2,1-7H3,(H,58,64)(H,65,66,67)/t40?,46-,47-,52?,53?/m0/s1. The van der Waals surface area contributed by atoms with Gasteiger partial charge in [0.1, 0.15) is 29.5 Å². The number of para-hydroxylation sites is 2. The van der Waals surface area contributed by atoms with Crippen LogP contribution in [0.5, 0.6) is 17.2 Å². The lowest BCUT2D eigenvalue weighted by Gasteiger charge is -2.28. The lowest BCUT2D eigenvalue weighted by Crippen LogP contribution is -2.47. The molecule has 81 heavy (non-hydrogen) atoms. The second kappa shape index (κ2) is 23.7. The number of carbonyl (C=O) groups is 4. The Hall–Kier alpha value is -5.99. The maximum absolute atomic E-state index is 14.5. The highest BCUT2D eigenvalue weighted by Crippen LogP contribution is 2.45. The first-order chi connectivity index (χ1) is 38.4. The predicted molar refractivity (Wildman–Crippen MR) is 310 cm³/mol. The number of ketones is 1. The number of anilines is 3. The largest absolute Gasteiger partial charge is 0.493 e. The molecule has 5 atom stereocenters. The maximum atomic E-state index is 14.5. The van der Waals surface area contributed by atoms with Crippen LogP contribution in [0.1, 0.15) is 93.3 Å². The number of hydrogen-bond donors (Lipinski definition) is 2. The fourth-order valence-electron chi connectivity index (χ4n) is 11.2. The number of ether oxygens (including phenoxy) is 3. The van der Waals surface area contributed by atoms with E-state index in [9.17, 15) is 49.0 Å². The van der Waals surface area contributed by atoms with Gasteiger partial charge in [-0.1, -0.05) is 64.9 Å². The van der Waals surface area contributed by atoms with Gasteiger partial charge in [-0.05, 0) is 146 Å². The summed E-state index contributed by atoms with van der Waals surface area (Å²) >= 11 is 0. The lowest BCUT2D eigenvalue weighted by molar-refractivity contribution is -0.119. The SMILES string of the molecule is CCC(=O)C(CCSSC(C)(C)C(=O)Nc1cc(COc2cc3c(cc2C)C(=O)N2c4ccccc4C[C@H]2C(S(=O)(=O)OC)C3)cc(COc2cc3c(cc2OC)C(=O)N2c4ccccc4C[C@H]2C(CS(=O)(=O)O)C3)c1)S(=O)(=O)OC. The molecule has 19 nitrogen and oxygen atoms in total. The van der Waals surface area contributed by atoms with E-state index in [1.165, 1.54) is 28.7 Å². The van der Waals surface area contributed by atoms with Gasteiger partial charge in [-0.2, -0.15) is 25.3 Å². The molecule has 24 heteroatoms. The third-order valence-electron chi connectivity index (χ3n) is 15.3. The van der Waals surface area contributed by atoms with Gasteiger partial charge in [0.2, 0.25) is 5.91 Å². The Bertz CT molecular complexity index is 3670. The summed E-state index contributed by atoms with van der Waals surface area (Å²) in [5.74, 6) is -1.80. The van der Waals surface area contributed by atoms with Crippen LogP contribution in [0.4, 0.5) is 17.1 Å². The first-order valence-corrected chi connectivity index (χ1v) is 33.0. The molecule has 4 aliphatic heterocycles. The molecule has 3 amide bonds. The van der Waals surface area contributed by atoms with E-state index < -0.39 is 81.0 Å². The van der Waals surface area contributed by atoms with Gasteiger partial charge in [-0.3, -0.25) is 32.1 Å². The molecule has 0 aliphatic carbocycles. The zero-order valence-electron chi connectivity index (χ0n) is 45.6. The minimum atomic E-state index is -4.47. The van der Waals surface area contributed by atoms with Crippen LogP contribution in [-0.4, -0.2) is 113 Å². The Balaban J connectivity index is 1.01. The van der Waals surface area contributed by atoms with Gasteiger partial charge >= 0.3 is 0 Å². The summed E-state index contributed by atoms with van der Waals surface area (Å²) in [4.78, 5) is 58.8. The fourth-order valence-corrected chi connectivity index (χ4v) is 17.1. The van der Waals surface area contributed by atoms with Crippen molar-refractivity contribution in [2.24, 2.45) is 5.92 Å². The monoisotopic (exact) mass is 1210 g/mol. The molecule has 0 aromatic heterocycles. The summed E-state index contributed by atoms with van der Waals surface area (Å²) < 4.78 is 115. The smallest absolute Gasteiger partial charge is 0.277 e. The van der Waals surface area contributed by atoms with Gasteiger partial charge in [0, 0.05) is 52.3 Å². The zero-order chi connectivity index (χ0) is 58.3. The molecule has 0 bridgehead atoms. The van der Waals surface area contributed by atoms with Gasteiger partial charge in [-0.15, -0.1) is 0 Å². The summed E-state index contributed by atoms with van der Waals surface area (Å²) in [6.07, 6.45) is 0.794. The molecule has 3 unspecified atom stereocenters. The zero-order valence-corrected chi connectivity index (χ0v) is 49.7. The maximum Gasteiger partial charge on any atom is 0.277 e. The Morgan fingerprint density at radius 1 is 0.716 bits per heavy atom. The van der Waals surface area contributed by atoms with Gasteiger partial charge in [-0.25, -0.2) is 0 Å². The first kappa shape index (κ1) is 59.6. The number of carbonyl (C=O) groups excluding carboxylic acids is 4. The third-order valence-corrected chi connectivity index (χ3v) is 22.7. The number of fused-ring (bicyclic) bond motifs is 8. The highest BCUT2D eigenvalue weighted by atomic mass is 33.1. The Kier molecular flexibility index (Phi) is 17.4. The number of nitrogens with one attached hydrogen (secondary N) is 1.